The Morgan fingerprint density at radius 3 is 3.00 bits per heavy atom. The van der Waals surface area contributed by atoms with Crippen molar-refractivity contribution in [2.45, 2.75) is 37.4 Å². The van der Waals surface area contributed by atoms with E-state index in [0.717, 1.165) is 5.69 Å². The number of hydrogen-bond donors (Lipinski definition) is 3. The normalized spacial score (nSPS) is 34.3. The molecule has 1 aromatic rings. The van der Waals surface area contributed by atoms with Crippen LogP contribution in [0.4, 0.5) is 0 Å². The molecule has 0 spiro atoms. The van der Waals surface area contributed by atoms with Crippen LogP contribution in [0.15, 0.2) is 11.3 Å². The zero-order valence-corrected chi connectivity index (χ0v) is 10.4. The number of hydrogen-bond acceptors (Lipinski definition) is 6. The van der Waals surface area contributed by atoms with E-state index in [1.165, 1.54) is 0 Å². The van der Waals surface area contributed by atoms with Crippen molar-refractivity contribution in [3.05, 3.63) is 17.7 Å². The molecule has 0 aromatic carbocycles. The van der Waals surface area contributed by atoms with Crippen molar-refractivity contribution >= 4 is 6.21 Å². The third-order valence-electron chi connectivity index (χ3n) is 3.63. The summed E-state index contributed by atoms with van der Waals surface area (Å²) in [4.78, 5) is 8.32. The predicted molar refractivity (Wildman–Crippen MR) is 65.9 cm³/mol. The van der Waals surface area contributed by atoms with Crippen molar-refractivity contribution in [2.75, 3.05) is 13.2 Å². The fourth-order valence-electron chi connectivity index (χ4n) is 2.60. The molecule has 2 aliphatic rings. The van der Waals surface area contributed by atoms with E-state index in [9.17, 15) is 10.2 Å². The number of ether oxygens (including phenoxy) is 1. The van der Waals surface area contributed by atoms with Gasteiger partial charge < -0.3 is 24.6 Å². The number of nitrogens with zero attached hydrogens (tertiary/aromatic N) is 3. The first kappa shape index (κ1) is 12.7. The van der Waals surface area contributed by atoms with Gasteiger partial charge in [0.15, 0.2) is 0 Å². The van der Waals surface area contributed by atoms with Gasteiger partial charge in [0, 0.05) is 19.1 Å². The summed E-state index contributed by atoms with van der Waals surface area (Å²) in [7, 11) is 0. The summed E-state index contributed by atoms with van der Waals surface area (Å²) in [5.74, 6) is 0. The van der Waals surface area contributed by atoms with Gasteiger partial charge in [-0.1, -0.05) is 0 Å². The highest BCUT2D eigenvalue weighted by Crippen LogP contribution is 2.32. The lowest BCUT2D eigenvalue weighted by atomic mass is 10.1. The molecule has 104 valence electrons. The van der Waals surface area contributed by atoms with E-state index in [-0.39, 0.29) is 12.8 Å². The molecule has 0 aliphatic carbocycles. The molecule has 1 aromatic heterocycles. The van der Waals surface area contributed by atoms with Crippen LogP contribution in [0, 0.1) is 0 Å². The van der Waals surface area contributed by atoms with E-state index in [1.54, 1.807) is 12.5 Å². The highest BCUT2D eigenvalue weighted by atomic mass is 16.5. The number of fused-ring (bicyclic) bond motifs is 1. The summed E-state index contributed by atoms with van der Waals surface area (Å²) in [5.41, 5.74) is 1.47. The molecule has 1 fully saturated rings. The molecule has 0 amide bonds. The number of aliphatic hydroxyl groups excluding tert-OH is 3. The Hall–Kier alpha value is -1.28. The maximum absolute atomic E-state index is 9.93. The van der Waals surface area contributed by atoms with Crippen LogP contribution in [0.5, 0.6) is 0 Å². The Labute approximate surface area is 110 Å². The summed E-state index contributed by atoms with van der Waals surface area (Å²) < 4.78 is 7.42. The number of aromatic nitrogens is 2. The lowest BCUT2D eigenvalue weighted by Gasteiger charge is -2.16. The van der Waals surface area contributed by atoms with Gasteiger partial charge in [0.2, 0.25) is 0 Å². The highest BCUT2D eigenvalue weighted by Gasteiger charge is 2.36. The fraction of sp³-hybridized carbons (Fsp3) is 0.667. The van der Waals surface area contributed by atoms with Crippen LogP contribution >= 0.6 is 0 Å². The summed E-state index contributed by atoms with van der Waals surface area (Å²) in [5, 5.41) is 28.8. The van der Waals surface area contributed by atoms with Gasteiger partial charge in [-0.15, -0.1) is 0 Å². The lowest BCUT2D eigenvalue weighted by molar-refractivity contribution is -0.0450. The Morgan fingerprint density at radius 2 is 2.26 bits per heavy atom. The molecule has 7 nitrogen and oxygen atoms in total. The first-order valence-electron chi connectivity index (χ1n) is 6.37. The molecule has 19 heavy (non-hydrogen) atoms. The standard InChI is InChI=1S/C12H17N3O4/c16-5-10-8(17)3-11(19-10)15-6-14-12-7(15)1-2-13-4-9(12)18/h2,6,8-11,16-18H,1,3-5H2/t8?,9-,10?,11?/m1/s1. The zero-order chi connectivity index (χ0) is 13.4. The van der Waals surface area contributed by atoms with Gasteiger partial charge in [-0.2, -0.15) is 0 Å². The largest absolute Gasteiger partial charge is 0.394 e. The average Bonchev–Trinajstić information content (AvgIpc) is 2.93. The number of aliphatic imine (C=N–C) groups is 1. The van der Waals surface area contributed by atoms with E-state index >= 15 is 0 Å². The van der Waals surface area contributed by atoms with Crippen molar-refractivity contribution in [2.24, 2.45) is 4.99 Å². The first-order valence-corrected chi connectivity index (χ1v) is 6.37. The molecular weight excluding hydrogens is 250 g/mol. The van der Waals surface area contributed by atoms with Gasteiger partial charge in [-0.3, -0.25) is 4.99 Å². The van der Waals surface area contributed by atoms with E-state index < -0.39 is 18.3 Å². The van der Waals surface area contributed by atoms with Gasteiger partial charge in [0.25, 0.3) is 0 Å². The van der Waals surface area contributed by atoms with Gasteiger partial charge in [-0.05, 0) is 0 Å². The summed E-state index contributed by atoms with van der Waals surface area (Å²) >= 11 is 0. The number of aliphatic hydroxyl groups is 3. The van der Waals surface area contributed by atoms with Crippen molar-refractivity contribution < 1.29 is 20.1 Å². The predicted octanol–water partition coefficient (Wildman–Crippen LogP) is -0.816. The SMILES string of the molecule is OCC1OC(n2cnc3c2CC=NC[C@H]3O)CC1O. The summed E-state index contributed by atoms with van der Waals surface area (Å²) in [6.07, 6.45) is 2.04. The topological polar surface area (TPSA) is 100 Å². The minimum atomic E-state index is -0.699. The van der Waals surface area contributed by atoms with Crippen LogP contribution in [0.3, 0.4) is 0 Å². The van der Waals surface area contributed by atoms with Gasteiger partial charge in [-0.25, -0.2) is 4.98 Å². The van der Waals surface area contributed by atoms with Gasteiger partial charge >= 0.3 is 0 Å². The number of imidazole rings is 1. The quantitative estimate of drug-likeness (QED) is 0.650. The van der Waals surface area contributed by atoms with Crippen LogP contribution < -0.4 is 0 Å². The molecule has 7 heteroatoms. The van der Waals surface area contributed by atoms with Crippen LogP contribution in [0.2, 0.25) is 0 Å². The molecular formula is C12H17N3O4. The summed E-state index contributed by atoms with van der Waals surface area (Å²) in [6.45, 7) is 0.107. The second kappa shape index (κ2) is 5.01. The van der Waals surface area contributed by atoms with Crippen molar-refractivity contribution in [1.82, 2.24) is 9.55 Å². The molecule has 3 rings (SSSR count). The van der Waals surface area contributed by atoms with Crippen molar-refractivity contribution in [1.29, 1.82) is 0 Å². The third-order valence-corrected chi connectivity index (χ3v) is 3.63. The van der Waals surface area contributed by atoms with E-state index in [1.807, 2.05) is 4.57 Å². The van der Waals surface area contributed by atoms with Crippen LogP contribution in [-0.2, 0) is 11.2 Å². The van der Waals surface area contributed by atoms with E-state index in [0.29, 0.717) is 25.1 Å². The van der Waals surface area contributed by atoms with Crippen LogP contribution in [0.25, 0.3) is 0 Å². The minimum absolute atomic E-state index is 0.210. The molecule has 0 radical (unpaired) electrons. The highest BCUT2D eigenvalue weighted by molar-refractivity contribution is 5.62. The Bertz CT molecular complexity index is 487. The second-order valence-electron chi connectivity index (χ2n) is 4.87. The first-order chi connectivity index (χ1) is 9.20. The Balaban J connectivity index is 1.89. The smallest absolute Gasteiger partial charge is 0.138 e. The third kappa shape index (κ3) is 2.18. The van der Waals surface area contributed by atoms with Crippen LogP contribution in [-0.4, -0.2) is 56.4 Å². The maximum Gasteiger partial charge on any atom is 0.138 e. The lowest BCUT2D eigenvalue weighted by Crippen LogP contribution is -2.24. The zero-order valence-electron chi connectivity index (χ0n) is 10.4. The molecule has 2 aliphatic heterocycles. The van der Waals surface area contributed by atoms with E-state index in [4.69, 9.17) is 9.84 Å². The number of rotatable bonds is 2. The molecule has 0 bridgehead atoms. The van der Waals surface area contributed by atoms with Gasteiger partial charge in [0.1, 0.15) is 18.4 Å². The maximum atomic E-state index is 9.93. The molecule has 4 atom stereocenters. The molecule has 0 saturated carbocycles. The van der Waals surface area contributed by atoms with Gasteiger partial charge in [0.05, 0.1) is 37.0 Å². The monoisotopic (exact) mass is 267 g/mol. The molecule has 3 unspecified atom stereocenters. The van der Waals surface area contributed by atoms with Crippen molar-refractivity contribution in [3.63, 3.8) is 0 Å². The average molecular weight is 267 g/mol. The molecule has 1 saturated heterocycles. The Morgan fingerprint density at radius 1 is 1.42 bits per heavy atom. The van der Waals surface area contributed by atoms with Crippen LogP contribution in [0.1, 0.15) is 30.1 Å². The molecule has 3 heterocycles. The summed E-state index contributed by atoms with van der Waals surface area (Å²) in [6, 6.07) is 0. The second-order valence-corrected chi connectivity index (χ2v) is 4.87. The minimum Gasteiger partial charge on any atom is -0.394 e. The molecule has 3 N–H and O–H groups in total. The fourth-order valence-corrected chi connectivity index (χ4v) is 2.60. The van der Waals surface area contributed by atoms with E-state index in [2.05, 4.69) is 9.98 Å². The Kier molecular flexibility index (Phi) is 3.36. The van der Waals surface area contributed by atoms with Crippen molar-refractivity contribution in [3.8, 4) is 0 Å².